The minimum Gasteiger partial charge on any atom is -0.392 e. The van der Waals surface area contributed by atoms with Gasteiger partial charge in [-0.05, 0) is 19.3 Å². The Morgan fingerprint density at radius 2 is 2.57 bits per heavy atom. The molecule has 1 aromatic rings. The highest BCUT2D eigenvalue weighted by Gasteiger charge is 2.45. The van der Waals surface area contributed by atoms with E-state index in [0.717, 1.165) is 25.1 Å². The average Bonchev–Trinajstić information content (AvgIpc) is 2.73. The molecule has 14 heavy (non-hydrogen) atoms. The Labute approximate surface area is 83.8 Å². The number of aliphatic hydroxyl groups is 1. The lowest BCUT2D eigenvalue weighted by Crippen LogP contribution is -2.43. The van der Waals surface area contributed by atoms with Crippen LogP contribution < -0.4 is 5.73 Å². The number of nitrogens with two attached hydrogens (primary N) is 1. The summed E-state index contributed by atoms with van der Waals surface area (Å²) in [5.41, 5.74) is 5.50. The molecule has 4 heteroatoms. The topological polar surface area (TPSA) is 64.1 Å². The number of rotatable bonds is 2. The molecule has 2 rings (SSSR count). The van der Waals surface area contributed by atoms with E-state index in [1.165, 1.54) is 0 Å². The van der Waals surface area contributed by atoms with Gasteiger partial charge in [0.25, 0.3) is 0 Å². The summed E-state index contributed by atoms with van der Waals surface area (Å²) in [4.78, 5) is 4.31. The van der Waals surface area contributed by atoms with Crippen LogP contribution in [0, 0.1) is 0 Å². The Hall–Kier alpha value is -0.870. The molecule has 1 fully saturated rings. The molecule has 0 aromatic carbocycles. The Morgan fingerprint density at radius 3 is 3.00 bits per heavy atom. The first-order chi connectivity index (χ1) is 6.70. The number of aryl methyl sites for hydroxylation is 1. The molecule has 0 spiro atoms. The lowest BCUT2D eigenvalue weighted by atomic mass is 9.83. The zero-order valence-corrected chi connectivity index (χ0v) is 8.48. The minimum absolute atomic E-state index is 0.307. The van der Waals surface area contributed by atoms with Crippen molar-refractivity contribution in [1.29, 1.82) is 0 Å². The molecule has 0 radical (unpaired) electrons. The summed E-state index contributed by atoms with van der Waals surface area (Å²) in [7, 11) is 1.95. The van der Waals surface area contributed by atoms with Crippen LogP contribution in [-0.4, -0.2) is 27.3 Å². The van der Waals surface area contributed by atoms with Gasteiger partial charge in [-0.3, -0.25) is 0 Å². The van der Waals surface area contributed by atoms with Crippen molar-refractivity contribution in [3.8, 4) is 0 Å². The maximum atomic E-state index is 10.0. The van der Waals surface area contributed by atoms with E-state index in [-0.39, 0.29) is 11.5 Å². The van der Waals surface area contributed by atoms with Crippen molar-refractivity contribution in [2.45, 2.75) is 30.8 Å². The third-order valence-electron chi connectivity index (χ3n) is 3.37. The first kappa shape index (κ1) is 9.68. The molecule has 1 saturated carbocycles. The number of nitrogens with zero attached hydrogens (tertiary/aromatic N) is 2. The quantitative estimate of drug-likeness (QED) is 0.706. The van der Waals surface area contributed by atoms with E-state index < -0.39 is 0 Å². The van der Waals surface area contributed by atoms with Gasteiger partial charge in [0.05, 0.1) is 11.5 Å². The summed E-state index contributed by atoms with van der Waals surface area (Å²) >= 11 is 0. The van der Waals surface area contributed by atoms with Crippen LogP contribution in [0.2, 0.25) is 0 Å². The van der Waals surface area contributed by atoms with Crippen molar-refractivity contribution in [3.05, 3.63) is 18.2 Å². The van der Waals surface area contributed by atoms with Crippen LogP contribution in [-0.2, 0) is 12.5 Å². The van der Waals surface area contributed by atoms with Crippen LogP contribution in [0.5, 0.6) is 0 Å². The van der Waals surface area contributed by atoms with Crippen LogP contribution in [0.15, 0.2) is 12.4 Å². The van der Waals surface area contributed by atoms with Gasteiger partial charge in [-0.1, -0.05) is 0 Å². The maximum Gasteiger partial charge on any atom is 0.118 e. The lowest BCUT2D eigenvalue weighted by Gasteiger charge is -2.30. The Balaban J connectivity index is 2.42. The lowest BCUT2D eigenvalue weighted by molar-refractivity contribution is 0.104. The second-order valence-electron chi connectivity index (χ2n) is 4.13. The van der Waals surface area contributed by atoms with Gasteiger partial charge >= 0.3 is 0 Å². The van der Waals surface area contributed by atoms with Crippen molar-refractivity contribution < 1.29 is 5.11 Å². The van der Waals surface area contributed by atoms with Crippen LogP contribution in [0.4, 0.5) is 0 Å². The molecule has 0 bridgehead atoms. The normalized spacial score (nSPS) is 32.4. The summed E-state index contributed by atoms with van der Waals surface area (Å²) < 4.78 is 1.96. The number of hydrogen-bond acceptors (Lipinski definition) is 3. The van der Waals surface area contributed by atoms with E-state index >= 15 is 0 Å². The highest BCUT2D eigenvalue weighted by atomic mass is 16.3. The van der Waals surface area contributed by atoms with Crippen molar-refractivity contribution in [1.82, 2.24) is 9.55 Å². The molecule has 0 saturated heterocycles. The van der Waals surface area contributed by atoms with Gasteiger partial charge < -0.3 is 15.4 Å². The molecular weight excluding hydrogens is 178 g/mol. The van der Waals surface area contributed by atoms with Gasteiger partial charge in [0, 0.05) is 26.0 Å². The molecule has 2 unspecified atom stereocenters. The molecule has 1 aliphatic rings. The fraction of sp³-hybridized carbons (Fsp3) is 0.700. The molecule has 2 atom stereocenters. The minimum atomic E-state index is -0.339. The van der Waals surface area contributed by atoms with Gasteiger partial charge in [-0.2, -0.15) is 0 Å². The van der Waals surface area contributed by atoms with Crippen molar-refractivity contribution in [3.63, 3.8) is 0 Å². The van der Waals surface area contributed by atoms with Crippen LogP contribution in [0.1, 0.15) is 25.1 Å². The van der Waals surface area contributed by atoms with Gasteiger partial charge in [0.15, 0.2) is 0 Å². The molecule has 1 heterocycles. The van der Waals surface area contributed by atoms with Crippen molar-refractivity contribution in [2.24, 2.45) is 12.8 Å². The molecule has 1 aliphatic carbocycles. The zero-order chi connectivity index (χ0) is 10.2. The smallest absolute Gasteiger partial charge is 0.118 e. The average molecular weight is 195 g/mol. The van der Waals surface area contributed by atoms with E-state index in [2.05, 4.69) is 4.98 Å². The first-order valence-corrected chi connectivity index (χ1v) is 5.06. The molecule has 0 aliphatic heterocycles. The van der Waals surface area contributed by atoms with Crippen LogP contribution >= 0.6 is 0 Å². The largest absolute Gasteiger partial charge is 0.392 e. The Morgan fingerprint density at radius 1 is 1.79 bits per heavy atom. The number of aromatic nitrogens is 2. The second-order valence-corrected chi connectivity index (χ2v) is 4.13. The van der Waals surface area contributed by atoms with Gasteiger partial charge in [0.2, 0.25) is 0 Å². The van der Waals surface area contributed by atoms with Gasteiger partial charge in [-0.15, -0.1) is 0 Å². The first-order valence-electron chi connectivity index (χ1n) is 5.06. The molecular formula is C10H17N3O. The maximum absolute atomic E-state index is 10.0. The predicted octanol–water partition coefficient (Wildman–Crippen LogP) is 0.161. The highest BCUT2D eigenvalue weighted by molar-refractivity contribution is 5.17. The van der Waals surface area contributed by atoms with Gasteiger partial charge in [0.1, 0.15) is 5.82 Å². The predicted molar refractivity (Wildman–Crippen MR) is 53.8 cm³/mol. The highest BCUT2D eigenvalue weighted by Crippen LogP contribution is 2.39. The summed E-state index contributed by atoms with van der Waals surface area (Å²) in [5, 5.41) is 10.0. The zero-order valence-electron chi connectivity index (χ0n) is 8.48. The number of aliphatic hydroxyl groups excluding tert-OH is 1. The van der Waals surface area contributed by atoms with E-state index in [9.17, 15) is 5.11 Å². The van der Waals surface area contributed by atoms with E-state index in [1.807, 2.05) is 17.8 Å². The van der Waals surface area contributed by atoms with Gasteiger partial charge in [-0.25, -0.2) is 4.98 Å². The number of imidazole rings is 1. The number of hydrogen-bond donors (Lipinski definition) is 2. The van der Waals surface area contributed by atoms with E-state index in [4.69, 9.17) is 5.73 Å². The fourth-order valence-corrected chi connectivity index (χ4v) is 2.49. The third-order valence-corrected chi connectivity index (χ3v) is 3.37. The van der Waals surface area contributed by atoms with E-state index in [0.29, 0.717) is 6.54 Å². The second kappa shape index (κ2) is 3.37. The van der Waals surface area contributed by atoms with E-state index in [1.54, 1.807) is 6.20 Å². The fourth-order valence-electron chi connectivity index (χ4n) is 2.49. The molecule has 1 aromatic heterocycles. The third kappa shape index (κ3) is 1.18. The monoisotopic (exact) mass is 195 g/mol. The van der Waals surface area contributed by atoms with Crippen molar-refractivity contribution in [2.75, 3.05) is 6.54 Å². The summed E-state index contributed by atoms with van der Waals surface area (Å²) in [6, 6.07) is 0. The Bertz CT molecular complexity index is 323. The standard InChI is InChI=1S/C10H17N3O/c1-13-6-5-12-9(13)10(7-11)4-2-3-8(10)14/h5-6,8,14H,2-4,7,11H2,1H3. The molecule has 3 N–H and O–H groups in total. The summed E-state index contributed by atoms with van der Waals surface area (Å²) in [6.45, 7) is 0.471. The molecule has 0 amide bonds. The van der Waals surface area contributed by atoms with Crippen LogP contribution in [0.3, 0.4) is 0 Å². The Kier molecular flexibility index (Phi) is 2.33. The SMILES string of the molecule is Cn1ccnc1C1(CN)CCCC1O. The molecule has 78 valence electrons. The molecule has 4 nitrogen and oxygen atoms in total. The van der Waals surface area contributed by atoms with Crippen molar-refractivity contribution >= 4 is 0 Å². The van der Waals surface area contributed by atoms with Crippen LogP contribution in [0.25, 0.3) is 0 Å². The summed E-state index contributed by atoms with van der Waals surface area (Å²) in [5.74, 6) is 0.921. The summed E-state index contributed by atoms with van der Waals surface area (Å²) in [6.07, 6.45) is 6.13.